The third-order valence-electron chi connectivity index (χ3n) is 2.61. The number of thioether (sulfide) groups is 1. The molecule has 0 aliphatic rings. The van der Waals surface area contributed by atoms with Gasteiger partial charge in [-0.15, -0.1) is 22.7 Å². The third-order valence-corrected chi connectivity index (χ3v) is 5.52. The molecule has 19 heavy (non-hydrogen) atoms. The minimum absolute atomic E-state index is 0.0453. The van der Waals surface area contributed by atoms with Gasteiger partial charge in [-0.1, -0.05) is 13.0 Å². The van der Waals surface area contributed by atoms with Gasteiger partial charge >= 0.3 is 0 Å². The second kappa shape index (κ2) is 7.07. The van der Waals surface area contributed by atoms with Gasteiger partial charge in [0.15, 0.2) is 0 Å². The summed E-state index contributed by atoms with van der Waals surface area (Å²) in [5, 5.41) is 8.37. The Hall–Kier alpha value is -0.850. The molecule has 6 heteroatoms. The zero-order chi connectivity index (χ0) is 13.7. The van der Waals surface area contributed by atoms with Crippen molar-refractivity contribution in [1.82, 2.24) is 10.3 Å². The van der Waals surface area contributed by atoms with Crippen LogP contribution in [0.4, 0.5) is 0 Å². The molecule has 2 aromatic rings. The van der Waals surface area contributed by atoms with E-state index in [0.717, 1.165) is 15.6 Å². The molecule has 0 unspecified atom stereocenters. The maximum atomic E-state index is 11.8. The van der Waals surface area contributed by atoms with Crippen molar-refractivity contribution in [2.45, 2.75) is 18.6 Å². The maximum absolute atomic E-state index is 11.8. The molecular formula is C13H16N2OS3. The summed E-state index contributed by atoms with van der Waals surface area (Å²) in [5.41, 5.74) is 0.850. The van der Waals surface area contributed by atoms with Crippen LogP contribution in [-0.2, 0) is 11.2 Å². The van der Waals surface area contributed by atoms with Crippen LogP contribution in [0.25, 0.3) is 9.88 Å². The van der Waals surface area contributed by atoms with Crippen molar-refractivity contribution in [2.24, 2.45) is 0 Å². The second-order valence-corrected chi connectivity index (χ2v) is 7.23. The highest BCUT2D eigenvalue weighted by atomic mass is 32.2. The lowest BCUT2D eigenvalue weighted by Gasteiger charge is -2.08. The SMILES string of the molecule is CS[C@@H](C)CNC(=O)Cc1csc(-c2cccs2)n1. The number of thiophene rings is 1. The number of amides is 1. The number of nitrogens with zero attached hydrogens (tertiary/aromatic N) is 1. The van der Waals surface area contributed by atoms with Crippen LogP contribution in [-0.4, -0.2) is 28.9 Å². The maximum Gasteiger partial charge on any atom is 0.226 e. The molecule has 3 nitrogen and oxygen atoms in total. The molecule has 1 amide bonds. The average Bonchev–Trinajstić information content (AvgIpc) is 3.06. The first-order valence-electron chi connectivity index (χ1n) is 5.97. The number of nitrogens with one attached hydrogen (secondary N) is 1. The molecule has 2 heterocycles. The average molecular weight is 312 g/mol. The fourth-order valence-corrected chi connectivity index (χ4v) is 3.35. The Balaban J connectivity index is 1.88. The molecule has 0 fully saturated rings. The number of hydrogen-bond donors (Lipinski definition) is 1. The Morgan fingerprint density at radius 3 is 3.05 bits per heavy atom. The highest BCUT2D eigenvalue weighted by Crippen LogP contribution is 2.27. The summed E-state index contributed by atoms with van der Waals surface area (Å²) >= 11 is 5.01. The van der Waals surface area contributed by atoms with E-state index >= 15 is 0 Å². The molecule has 0 radical (unpaired) electrons. The minimum atomic E-state index is 0.0453. The fraction of sp³-hybridized carbons (Fsp3) is 0.385. The first-order chi connectivity index (χ1) is 9.19. The summed E-state index contributed by atoms with van der Waals surface area (Å²) < 4.78 is 0. The van der Waals surface area contributed by atoms with Gasteiger partial charge < -0.3 is 5.32 Å². The zero-order valence-electron chi connectivity index (χ0n) is 10.9. The van der Waals surface area contributed by atoms with Crippen molar-refractivity contribution < 1.29 is 4.79 Å². The topological polar surface area (TPSA) is 42.0 Å². The molecule has 0 saturated carbocycles. The van der Waals surface area contributed by atoms with Gasteiger partial charge in [0.25, 0.3) is 0 Å². The van der Waals surface area contributed by atoms with Crippen molar-refractivity contribution in [2.75, 3.05) is 12.8 Å². The van der Waals surface area contributed by atoms with Crippen molar-refractivity contribution in [3.05, 3.63) is 28.6 Å². The highest BCUT2D eigenvalue weighted by molar-refractivity contribution is 7.99. The van der Waals surface area contributed by atoms with Crippen LogP contribution >= 0.6 is 34.4 Å². The highest BCUT2D eigenvalue weighted by Gasteiger charge is 2.10. The van der Waals surface area contributed by atoms with E-state index < -0.39 is 0 Å². The molecular weight excluding hydrogens is 296 g/mol. The van der Waals surface area contributed by atoms with Crippen molar-refractivity contribution in [3.8, 4) is 9.88 Å². The van der Waals surface area contributed by atoms with Gasteiger partial charge in [0.1, 0.15) is 5.01 Å². The van der Waals surface area contributed by atoms with E-state index in [1.165, 1.54) is 0 Å². The zero-order valence-corrected chi connectivity index (χ0v) is 13.3. The summed E-state index contributed by atoms with van der Waals surface area (Å²) in [7, 11) is 0. The first kappa shape index (κ1) is 14.6. The molecule has 0 spiro atoms. The molecule has 2 rings (SSSR count). The largest absolute Gasteiger partial charge is 0.355 e. The second-order valence-electron chi connectivity index (χ2n) is 4.15. The number of hydrogen-bond acceptors (Lipinski definition) is 5. The number of aromatic nitrogens is 1. The molecule has 0 aromatic carbocycles. The molecule has 0 bridgehead atoms. The Morgan fingerprint density at radius 1 is 1.53 bits per heavy atom. The summed E-state index contributed by atoms with van der Waals surface area (Å²) in [4.78, 5) is 17.4. The lowest BCUT2D eigenvalue weighted by molar-refractivity contribution is -0.120. The molecule has 2 aromatic heterocycles. The van der Waals surface area contributed by atoms with Gasteiger partial charge in [0.05, 0.1) is 17.0 Å². The molecule has 1 N–H and O–H groups in total. The van der Waals surface area contributed by atoms with Crippen molar-refractivity contribution in [1.29, 1.82) is 0 Å². The van der Waals surface area contributed by atoms with Crippen LogP contribution in [0.3, 0.4) is 0 Å². The van der Waals surface area contributed by atoms with Crippen LogP contribution in [0.5, 0.6) is 0 Å². The third kappa shape index (κ3) is 4.33. The Bertz CT molecular complexity index is 522. The van der Waals surface area contributed by atoms with Gasteiger partial charge in [-0.2, -0.15) is 11.8 Å². The quantitative estimate of drug-likeness (QED) is 0.890. The Labute approximate surface area is 125 Å². The smallest absolute Gasteiger partial charge is 0.226 e. The van der Waals surface area contributed by atoms with Crippen LogP contribution in [0, 0.1) is 0 Å². The predicted octanol–water partition coefficient (Wildman–Crippen LogP) is 3.28. The van der Waals surface area contributed by atoms with Gasteiger partial charge in [-0.3, -0.25) is 4.79 Å². The number of carbonyl (C=O) groups is 1. The van der Waals surface area contributed by atoms with E-state index in [1.807, 2.05) is 29.1 Å². The van der Waals surface area contributed by atoms with Crippen molar-refractivity contribution >= 4 is 40.3 Å². The lowest BCUT2D eigenvalue weighted by atomic mass is 10.3. The van der Waals surface area contributed by atoms with Crippen LogP contribution in [0.2, 0.25) is 0 Å². The van der Waals surface area contributed by atoms with E-state index in [1.54, 1.807) is 34.4 Å². The first-order valence-corrected chi connectivity index (χ1v) is 9.01. The van der Waals surface area contributed by atoms with Gasteiger partial charge in [0.2, 0.25) is 5.91 Å². The molecule has 0 aliphatic heterocycles. The summed E-state index contributed by atoms with van der Waals surface area (Å²) in [6, 6.07) is 4.06. The molecule has 1 atom stereocenters. The number of carbonyl (C=O) groups excluding carboxylic acids is 1. The van der Waals surface area contributed by atoms with Crippen LogP contribution < -0.4 is 5.32 Å². The standard InChI is InChI=1S/C13H16N2OS3/c1-9(17-2)7-14-12(16)6-10-8-19-13(15-10)11-4-3-5-18-11/h3-5,8-9H,6-7H2,1-2H3,(H,14,16)/t9-/m0/s1. The van der Waals surface area contributed by atoms with E-state index in [4.69, 9.17) is 0 Å². The Morgan fingerprint density at radius 2 is 2.37 bits per heavy atom. The fourth-order valence-electron chi connectivity index (χ4n) is 1.47. The van der Waals surface area contributed by atoms with Crippen LogP contribution in [0.1, 0.15) is 12.6 Å². The number of rotatable bonds is 6. The number of thiazole rings is 1. The summed E-state index contributed by atoms with van der Waals surface area (Å²) in [6.07, 6.45) is 2.41. The van der Waals surface area contributed by atoms with Crippen molar-refractivity contribution in [3.63, 3.8) is 0 Å². The van der Waals surface area contributed by atoms with E-state index in [-0.39, 0.29) is 5.91 Å². The van der Waals surface area contributed by atoms with Crippen LogP contribution in [0.15, 0.2) is 22.9 Å². The summed E-state index contributed by atoms with van der Waals surface area (Å²) in [5.74, 6) is 0.0453. The predicted molar refractivity (Wildman–Crippen MR) is 85.1 cm³/mol. The molecule has 102 valence electrons. The van der Waals surface area contributed by atoms with E-state index in [0.29, 0.717) is 18.2 Å². The van der Waals surface area contributed by atoms with Gasteiger partial charge in [0, 0.05) is 17.2 Å². The molecule has 0 aliphatic carbocycles. The monoisotopic (exact) mass is 312 g/mol. The Kier molecular flexibility index (Phi) is 5.42. The van der Waals surface area contributed by atoms with E-state index in [2.05, 4.69) is 17.2 Å². The summed E-state index contributed by atoms with van der Waals surface area (Å²) in [6.45, 7) is 2.81. The molecule has 0 saturated heterocycles. The van der Waals surface area contributed by atoms with Gasteiger partial charge in [-0.25, -0.2) is 4.98 Å². The van der Waals surface area contributed by atoms with Gasteiger partial charge in [-0.05, 0) is 17.7 Å². The van der Waals surface area contributed by atoms with E-state index in [9.17, 15) is 4.79 Å². The minimum Gasteiger partial charge on any atom is -0.355 e. The lowest BCUT2D eigenvalue weighted by Crippen LogP contribution is -2.30. The normalized spacial score (nSPS) is 12.3.